The van der Waals surface area contributed by atoms with Crippen LogP contribution in [0.1, 0.15) is 18.8 Å². The van der Waals surface area contributed by atoms with Crippen molar-refractivity contribution in [2.75, 3.05) is 0 Å². The van der Waals surface area contributed by atoms with E-state index in [0.29, 0.717) is 5.82 Å². The van der Waals surface area contributed by atoms with Crippen LogP contribution in [0, 0.1) is 5.82 Å². The predicted molar refractivity (Wildman–Crippen MR) is 71.1 cm³/mol. The maximum atomic E-state index is 13.2. The van der Waals surface area contributed by atoms with Gasteiger partial charge in [-0.15, -0.1) is 10.2 Å². The van der Waals surface area contributed by atoms with E-state index < -0.39 is 21.9 Å². The Balaban J connectivity index is 2.32. The van der Waals surface area contributed by atoms with Crippen LogP contribution in [0.4, 0.5) is 4.39 Å². The zero-order valence-electron chi connectivity index (χ0n) is 10.7. The second-order valence-corrected chi connectivity index (χ2v) is 6.31. The summed E-state index contributed by atoms with van der Waals surface area (Å²) >= 11 is 5.80. The van der Waals surface area contributed by atoms with Crippen molar-refractivity contribution < 1.29 is 12.8 Å². The first-order chi connectivity index (χ1) is 9.31. The minimum atomic E-state index is -3.96. The number of sulfonamides is 1. The minimum Gasteiger partial charge on any atom is -0.319 e. The Morgan fingerprint density at radius 3 is 2.75 bits per heavy atom. The molecule has 1 unspecified atom stereocenters. The standard InChI is InChI=1S/C11H12ClFN4O2S/c1-7(11-15-14-6-17(11)2)16-20(18,19)10-5-8(13)3-4-9(10)12/h3-7,16H,1-2H3. The Kier molecular flexibility index (Phi) is 4.07. The average Bonchev–Trinajstić information content (AvgIpc) is 2.78. The molecule has 1 N–H and O–H groups in total. The van der Waals surface area contributed by atoms with Crippen molar-refractivity contribution in [3.63, 3.8) is 0 Å². The molecule has 1 aromatic heterocycles. The predicted octanol–water partition coefficient (Wildman–Crippen LogP) is 1.65. The normalized spacial score (nSPS) is 13.4. The molecule has 0 bridgehead atoms. The quantitative estimate of drug-likeness (QED) is 0.930. The number of rotatable bonds is 4. The molecule has 0 aliphatic heterocycles. The summed E-state index contributed by atoms with van der Waals surface area (Å²) in [6, 6.07) is 2.52. The number of halogens is 2. The van der Waals surface area contributed by atoms with Crippen molar-refractivity contribution in [3.8, 4) is 0 Å². The lowest BCUT2D eigenvalue weighted by molar-refractivity contribution is 0.551. The highest BCUT2D eigenvalue weighted by Crippen LogP contribution is 2.23. The summed E-state index contributed by atoms with van der Waals surface area (Å²) in [7, 11) is -2.27. The molecule has 0 aliphatic rings. The lowest BCUT2D eigenvalue weighted by atomic mass is 10.3. The number of hydrogen-bond acceptors (Lipinski definition) is 4. The number of hydrogen-bond donors (Lipinski definition) is 1. The molecular formula is C11H12ClFN4O2S. The van der Waals surface area contributed by atoms with Crippen LogP contribution in [0.2, 0.25) is 5.02 Å². The van der Waals surface area contributed by atoms with E-state index in [-0.39, 0.29) is 9.92 Å². The van der Waals surface area contributed by atoms with Crippen LogP contribution in [0.25, 0.3) is 0 Å². The van der Waals surface area contributed by atoms with Crippen molar-refractivity contribution in [2.45, 2.75) is 17.9 Å². The summed E-state index contributed by atoms with van der Waals surface area (Å²) in [6.07, 6.45) is 1.45. The van der Waals surface area contributed by atoms with Gasteiger partial charge in [0.05, 0.1) is 11.1 Å². The van der Waals surface area contributed by atoms with Crippen molar-refractivity contribution in [3.05, 3.63) is 41.2 Å². The van der Waals surface area contributed by atoms with E-state index >= 15 is 0 Å². The van der Waals surface area contributed by atoms with Crippen molar-refractivity contribution in [2.24, 2.45) is 7.05 Å². The van der Waals surface area contributed by atoms with Gasteiger partial charge >= 0.3 is 0 Å². The molecule has 108 valence electrons. The fraction of sp³-hybridized carbons (Fsp3) is 0.273. The summed E-state index contributed by atoms with van der Waals surface area (Å²) in [6.45, 7) is 1.61. The van der Waals surface area contributed by atoms with E-state index in [1.807, 2.05) is 0 Å². The third-order valence-electron chi connectivity index (χ3n) is 2.65. The highest BCUT2D eigenvalue weighted by Gasteiger charge is 2.23. The fourth-order valence-electron chi connectivity index (χ4n) is 1.72. The Labute approximate surface area is 120 Å². The van der Waals surface area contributed by atoms with Gasteiger partial charge in [-0.2, -0.15) is 0 Å². The summed E-state index contributed by atoms with van der Waals surface area (Å²) < 4.78 is 41.5. The van der Waals surface area contributed by atoms with Gasteiger partial charge in [-0.25, -0.2) is 17.5 Å². The molecule has 0 aliphatic carbocycles. The first-order valence-electron chi connectivity index (χ1n) is 5.62. The molecule has 2 aromatic rings. The maximum absolute atomic E-state index is 13.2. The molecule has 2 rings (SSSR count). The Morgan fingerprint density at radius 1 is 1.45 bits per heavy atom. The van der Waals surface area contributed by atoms with Gasteiger partial charge in [0.2, 0.25) is 10.0 Å². The van der Waals surface area contributed by atoms with E-state index in [1.54, 1.807) is 18.5 Å². The topological polar surface area (TPSA) is 76.9 Å². The molecule has 0 radical (unpaired) electrons. The lowest BCUT2D eigenvalue weighted by Gasteiger charge is -2.14. The third kappa shape index (κ3) is 2.97. The summed E-state index contributed by atoms with van der Waals surface area (Å²) in [4.78, 5) is -0.312. The summed E-state index contributed by atoms with van der Waals surface area (Å²) in [5.41, 5.74) is 0. The SMILES string of the molecule is CC(NS(=O)(=O)c1cc(F)ccc1Cl)c1nncn1C. The molecule has 0 amide bonds. The zero-order chi connectivity index (χ0) is 14.9. The first kappa shape index (κ1) is 14.9. The minimum absolute atomic E-state index is 0.0518. The average molecular weight is 319 g/mol. The molecule has 1 atom stereocenters. The largest absolute Gasteiger partial charge is 0.319 e. The van der Waals surface area contributed by atoms with Crippen molar-refractivity contribution >= 4 is 21.6 Å². The van der Waals surface area contributed by atoms with Crippen LogP contribution >= 0.6 is 11.6 Å². The van der Waals surface area contributed by atoms with Crippen molar-refractivity contribution in [1.82, 2.24) is 19.5 Å². The molecule has 9 heteroatoms. The maximum Gasteiger partial charge on any atom is 0.242 e. The van der Waals surface area contributed by atoms with Gasteiger partial charge in [0.15, 0.2) is 0 Å². The van der Waals surface area contributed by atoms with E-state index in [1.165, 1.54) is 12.4 Å². The summed E-state index contributed by atoms with van der Waals surface area (Å²) in [5, 5.41) is 7.43. The molecule has 0 fully saturated rings. The molecule has 0 spiro atoms. The van der Waals surface area contributed by atoms with Gasteiger partial charge in [0.25, 0.3) is 0 Å². The van der Waals surface area contributed by atoms with E-state index in [0.717, 1.165) is 12.1 Å². The molecule has 20 heavy (non-hydrogen) atoms. The van der Waals surface area contributed by atoms with Gasteiger partial charge in [-0.05, 0) is 25.1 Å². The van der Waals surface area contributed by atoms with E-state index in [2.05, 4.69) is 14.9 Å². The smallest absolute Gasteiger partial charge is 0.242 e. The number of nitrogens with one attached hydrogen (secondary N) is 1. The number of aryl methyl sites for hydroxylation is 1. The second-order valence-electron chi connectivity index (χ2n) is 4.22. The fourth-order valence-corrected chi connectivity index (χ4v) is 3.43. The zero-order valence-corrected chi connectivity index (χ0v) is 12.3. The highest BCUT2D eigenvalue weighted by atomic mass is 35.5. The van der Waals surface area contributed by atoms with Crippen LogP contribution in [0.5, 0.6) is 0 Å². The summed E-state index contributed by atoms with van der Waals surface area (Å²) in [5.74, 6) is -0.248. The third-order valence-corrected chi connectivity index (χ3v) is 4.67. The Hall–Kier alpha value is -1.51. The van der Waals surface area contributed by atoms with Crippen LogP contribution in [-0.2, 0) is 17.1 Å². The molecule has 0 saturated carbocycles. The molecule has 6 nitrogen and oxygen atoms in total. The van der Waals surface area contributed by atoms with E-state index in [4.69, 9.17) is 11.6 Å². The molecule has 1 heterocycles. The van der Waals surface area contributed by atoms with Gasteiger partial charge in [0, 0.05) is 7.05 Å². The van der Waals surface area contributed by atoms with E-state index in [9.17, 15) is 12.8 Å². The Morgan fingerprint density at radius 2 is 2.15 bits per heavy atom. The van der Waals surface area contributed by atoms with Gasteiger partial charge < -0.3 is 4.57 Å². The number of benzene rings is 1. The molecule has 0 saturated heterocycles. The first-order valence-corrected chi connectivity index (χ1v) is 7.48. The number of nitrogens with zero attached hydrogens (tertiary/aromatic N) is 3. The van der Waals surface area contributed by atoms with Gasteiger partial charge in [-0.1, -0.05) is 11.6 Å². The van der Waals surface area contributed by atoms with Gasteiger partial charge in [0.1, 0.15) is 22.9 Å². The highest BCUT2D eigenvalue weighted by molar-refractivity contribution is 7.89. The Bertz CT molecular complexity index is 732. The number of aromatic nitrogens is 3. The van der Waals surface area contributed by atoms with Crippen molar-refractivity contribution in [1.29, 1.82) is 0 Å². The van der Waals surface area contributed by atoms with Gasteiger partial charge in [-0.3, -0.25) is 0 Å². The van der Waals surface area contributed by atoms with Crippen LogP contribution in [0.3, 0.4) is 0 Å². The monoisotopic (exact) mass is 318 g/mol. The van der Waals surface area contributed by atoms with Crippen LogP contribution < -0.4 is 4.72 Å². The molecule has 1 aromatic carbocycles. The van der Waals surface area contributed by atoms with Crippen LogP contribution in [0.15, 0.2) is 29.4 Å². The lowest BCUT2D eigenvalue weighted by Crippen LogP contribution is -2.28. The second kappa shape index (κ2) is 5.47. The van der Waals surface area contributed by atoms with Crippen LogP contribution in [-0.4, -0.2) is 23.2 Å². The molecular weight excluding hydrogens is 307 g/mol.